The Morgan fingerprint density at radius 1 is 1.48 bits per heavy atom. The van der Waals surface area contributed by atoms with Crippen LogP contribution in [0.3, 0.4) is 0 Å². The van der Waals surface area contributed by atoms with Crippen LogP contribution in [0.2, 0.25) is 0 Å². The second kappa shape index (κ2) is 6.13. The van der Waals surface area contributed by atoms with Crippen molar-refractivity contribution in [2.75, 3.05) is 26.2 Å². The molecule has 21 heavy (non-hydrogen) atoms. The summed E-state index contributed by atoms with van der Waals surface area (Å²) in [7, 11) is 0. The number of nitrogens with zero attached hydrogens (tertiary/aromatic N) is 1. The van der Waals surface area contributed by atoms with Gasteiger partial charge in [-0.15, -0.1) is 0 Å². The van der Waals surface area contributed by atoms with E-state index in [1.165, 1.54) is 5.56 Å². The maximum Gasteiger partial charge on any atom is 0.226 e. The summed E-state index contributed by atoms with van der Waals surface area (Å²) in [5.74, 6) is 0.571. The first-order valence-corrected chi connectivity index (χ1v) is 7.65. The van der Waals surface area contributed by atoms with E-state index in [0.29, 0.717) is 32.1 Å². The zero-order valence-electron chi connectivity index (χ0n) is 12.2. The molecule has 1 heterocycles. The van der Waals surface area contributed by atoms with Gasteiger partial charge in [0.15, 0.2) is 0 Å². The lowest BCUT2D eigenvalue weighted by molar-refractivity contribution is -0.133. The number of nitrogens with one attached hydrogen (secondary N) is 1. The third kappa shape index (κ3) is 3.26. The fourth-order valence-electron chi connectivity index (χ4n) is 3.11. The molecule has 5 nitrogen and oxygen atoms in total. The molecule has 1 unspecified atom stereocenters. The first-order chi connectivity index (χ1) is 10.2. The highest BCUT2D eigenvalue weighted by Gasteiger charge is 2.46. The molecule has 1 saturated heterocycles. The quantitative estimate of drug-likeness (QED) is 0.734. The van der Waals surface area contributed by atoms with Crippen LogP contribution in [0.1, 0.15) is 23.5 Å². The molecule has 1 amide bonds. The summed E-state index contributed by atoms with van der Waals surface area (Å²) in [5, 5.41) is 12.9. The lowest BCUT2D eigenvalue weighted by Crippen LogP contribution is -2.38. The number of amides is 1. The maximum absolute atomic E-state index is 12.6. The molecule has 1 aromatic rings. The molecule has 1 aliphatic heterocycles. The Bertz CT molecular complexity index is 520. The van der Waals surface area contributed by atoms with Gasteiger partial charge in [-0.25, -0.2) is 0 Å². The Balaban J connectivity index is 1.64. The Morgan fingerprint density at radius 2 is 2.33 bits per heavy atom. The average molecular weight is 289 g/mol. The van der Waals surface area contributed by atoms with Crippen molar-refractivity contribution >= 4 is 5.91 Å². The van der Waals surface area contributed by atoms with Gasteiger partial charge in [-0.3, -0.25) is 4.79 Å². The van der Waals surface area contributed by atoms with Crippen molar-refractivity contribution in [2.45, 2.75) is 25.0 Å². The predicted octanol–water partition coefficient (Wildman–Crippen LogP) is 0.0415. The number of carbonyl (C=O) groups is 1. The van der Waals surface area contributed by atoms with Crippen molar-refractivity contribution < 1.29 is 9.90 Å². The highest BCUT2D eigenvalue weighted by Crippen LogP contribution is 2.48. The van der Waals surface area contributed by atoms with Gasteiger partial charge in [0.2, 0.25) is 5.91 Å². The maximum atomic E-state index is 12.6. The molecule has 5 heteroatoms. The number of benzene rings is 1. The van der Waals surface area contributed by atoms with Crippen LogP contribution in [-0.2, 0) is 11.3 Å². The van der Waals surface area contributed by atoms with E-state index in [1.807, 2.05) is 17.0 Å². The predicted molar refractivity (Wildman–Crippen MR) is 80.6 cm³/mol. The zero-order valence-corrected chi connectivity index (χ0v) is 12.2. The van der Waals surface area contributed by atoms with E-state index in [0.717, 1.165) is 18.5 Å². The number of aliphatic hydroxyl groups is 1. The summed E-state index contributed by atoms with van der Waals surface area (Å²) in [6.45, 7) is 2.97. The van der Waals surface area contributed by atoms with Gasteiger partial charge in [-0.05, 0) is 23.5 Å². The molecule has 1 saturated carbocycles. The highest BCUT2D eigenvalue weighted by molar-refractivity contribution is 5.83. The molecule has 1 aromatic carbocycles. The molecule has 3 atom stereocenters. The molecule has 2 aliphatic rings. The monoisotopic (exact) mass is 289 g/mol. The van der Waals surface area contributed by atoms with Crippen LogP contribution in [0.25, 0.3) is 0 Å². The number of hydrogen-bond acceptors (Lipinski definition) is 4. The van der Waals surface area contributed by atoms with E-state index >= 15 is 0 Å². The molecule has 0 radical (unpaired) electrons. The second-order valence-corrected chi connectivity index (χ2v) is 6.04. The minimum atomic E-state index is -0.464. The molecule has 0 spiro atoms. The Kier molecular flexibility index (Phi) is 4.24. The van der Waals surface area contributed by atoms with E-state index in [1.54, 1.807) is 0 Å². The van der Waals surface area contributed by atoms with E-state index < -0.39 is 6.10 Å². The Labute approximate surface area is 125 Å². The molecule has 3 rings (SSSR count). The summed E-state index contributed by atoms with van der Waals surface area (Å²) >= 11 is 0. The largest absolute Gasteiger partial charge is 0.390 e. The highest BCUT2D eigenvalue weighted by atomic mass is 16.3. The van der Waals surface area contributed by atoms with Crippen molar-refractivity contribution in [3.8, 4) is 0 Å². The smallest absolute Gasteiger partial charge is 0.226 e. The average Bonchev–Trinajstić information content (AvgIpc) is 3.31. The summed E-state index contributed by atoms with van der Waals surface area (Å²) < 4.78 is 0. The number of carbonyl (C=O) groups excluding carboxylic acids is 1. The topological polar surface area (TPSA) is 78.6 Å². The van der Waals surface area contributed by atoms with E-state index in [9.17, 15) is 9.90 Å². The third-order valence-electron chi connectivity index (χ3n) is 4.40. The van der Waals surface area contributed by atoms with Gasteiger partial charge in [0.05, 0.1) is 6.10 Å². The number of hydrogen-bond donors (Lipinski definition) is 3. The van der Waals surface area contributed by atoms with Crippen molar-refractivity contribution in [3.05, 3.63) is 35.4 Å². The van der Waals surface area contributed by atoms with Crippen molar-refractivity contribution in [3.63, 3.8) is 0 Å². The van der Waals surface area contributed by atoms with Crippen LogP contribution in [-0.4, -0.2) is 48.2 Å². The van der Waals surface area contributed by atoms with Gasteiger partial charge in [0, 0.05) is 38.6 Å². The van der Waals surface area contributed by atoms with Gasteiger partial charge in [-0.2, -0.15) is 0 Å². The van der Waals surface area contributed by atoms with E-state index in [4.69, 9.17) is 5.73 Å². The molecule has 0 bridgehead atoms. The Morgan fingerprint density at radius 3 is 3.14 bits per heavy atom. The lowest BCUT2D eigenvalue weighted by atomic mass is 10.1. The van der Waals surface area contributed by atoms with Crippen LogP contribution < -0.4 is 11.1 Å². The second-order valence-electron chi connectivity index (χ2n) is 6.04. The number of β-amino-alcohol motifs (C(OH)–C–C–N with tert-alkyl or cyclic N) is 1. The van der Waals surface area contributed by atoms with E-state index in [2.05, 4.69) is 17.4 Å². The summed E-state index contributed by atoms with van der Waals surface area (Å²) in [6.07, 6.45) is 0.446. The number of aliphatic hydroxyl groups excluding tert-OH is 1. The first-order valence-electron chi connectivity index (χ1n) is 7.65. The fourth-order valence-corrected chi connectivity index (χ4v) is 3.11. The number of rotatable bonds is 3. The van der Waals surface area contributed by atoms with Crippen LogP contribution in [0, 0.1) is 5.92 Å². The molecule has 1 aliphatic carbocycles. The summed E-state index contributed by atoms with van der Waals surface area (Å²) in [5.41, 5.74) is 8.00. The van der Waals surface area contributed by atoms with Crippen molar-refractivity contribution in [2.24, 2.45) is 11.7 Å². The van der Waals surface area contributed by atoms with Crippen LogP contribution in [0.5, 0.6) is 0 Å². The molecule has 0 aromatic heterocycles. The third-order valence-corrected chi connectivity index (χ3v) is 4.40. The van der Waals surface area contributed by atoms with Gasteiger partial charge in [0.1, 0.15) is 0 Å². The molecular formula is C16H23N3O2. The fraction of sp³-hybridized carbons (Fsp3) is 0.562. The van der Waals surface area contributed by atoms with Crippen LogP contribution >= 0.6 is 0 Å². The minimum Gasteiger partial charge on any atom is -0.390 e. The van der Waals surface area contributed by atoms with Crippen molar-refractivity contribution in [1.82, 2.24) is 10.2 Å². The standard InChI is InChI=1S/C16H23N3O2/c17-8-11-2-1-3-12(6-11)14-7-15(14)16(21)19-5-4-18-9-13(20)10-19/h1-3,6,13-15,18,20H,4-5,7-10,17H2/t13?,14-,15+/m0/s1. The lowest BCUT2D eigenvalue weighted by Gasteiger charge is -2.22. The van der Waals surface area contributed by atoms with E-state index in [-0.39, 0.29) is 11.8 Å². The van der Waals surface area contributed by atoms with Crippen LogP contribution in [0.4, 0.5) is 0 Å². The molecular weight excluding hydrogens is 266 g/mol. The molecule has 114 valence electrons. The molecule has 2 fully saturated rings. The Hall–Kier alpha value is -1.43. The van der Waals surface area contributed by atoms with Gasteiger partial charge in [0.25, 0.3) is 0 Å². The SMILES string of the molecule is NCc1cccc([C@@H]2C[C@H]2C(=O)N2CCNCC(O)C2)c1. The molecule has 4 N–H and O–H groups in total. The van der Waals surface area contributed by atoms with Crippen molar-refractivity contribution in [1.29, 1.82) is 0 Å². The van der Waals surface area contributed by atoms with Crippen LogP contribution in [0.15, 0.2) is 24.3 Å². The summed E-state index contributed by atoms with van der Waals surface area (Å²) in [4.78, 5) is 14.4. The first kappa shape index (κ1) is 14.5. The van der Waals surface area contributed by atoms with Gasteiger partial charge in [-0.1, -0.05) is 24.3 Å². The number of nitrogens with two attached hydrogens (primary N) is 1. The zero-order chi connectivity index (χ0) is 14.8. The van der Waals surface area contributed by atoms with Gasteiger partial charge < -0.3 is 21.1 Å². The van der Waals surface area contributed by atoms with Gasteiger partial charge >= 0.3 is 0 Å². The normalized spacial score (nSPS) is 29.0. The summed E-state index contributed by atoms with van der Waals surface area (Å²) in [6, 6.07) is 8.21. The minimum absolute atomic E-state index is 0.0725.